The van der Waals surface area contributed by atoms with Crippen molar-refractivity contribution < 1.29 is 9.90 Å². The van der Waals surface area contributed by atoms with Crippen LogP contribution in [-0.4, -0.2) is 29.9 Å². The molecule has 2 atom stereocenters. The molecular formula is C7H13N3O2. The molecule has 0 amide bonds. The predicted octanol–water partition coefficient (Wildman–Crippen LogP) is -0.616. The maximum absolute atomic E-state index is 10.3. The molecule has 0 fully saturated rings. The summed E-state index contributed by atoms with van der Waals surface area (Å²) in [6, 6.07) is -0.737. The Hall–Kier alpha value is -1.10. The third kappa shape index (κ3) is 2.50. The molecule has 68 valence electrons. The molecule has 1 rings (SSSR count). The summed E-state index contributed by atoms with van der Waals surface area (Å²) in [7, 11) is 0. The highest BCUT2D eigenvalue weighted by Gasteiger charge is 2.15. The van der Waals surface area contributed by atoms with E-state index in [9.17, 15) is 4.79 Å². The smallest absolute Gasteiger partial charge is 0.320 e. The first kappa shape index (κ1) is 8.99. The molecule has 1 aliphatic rings. The average molecular weight is 171 g/mol. The van der Waals surface area contributed by atoms with Gasteiger partial charge in [0.15, 0.2) is 0 Å². The summed E-state index contributed by atoms with van der Waals surface area (Å²) in [5.41, 5.74) is 8.14. The molecule has 0 bridgehead atoms. The molecule has 0 spiro atoms. The fraction of sp³-hybridized carbons (Fsp3) is 0.714. The number of nitrogens with two attached hydrogens (primary N) is 1. The topological polar surface area (TPSA) is 87.7 Å². The van der Waals surface area contributed by atoms with Gasteiger partial charge in [-0.1, -0.05) is 0 Å². The summed E-state index contributed by atoms with van der Waals surface area (Å²) in [4.78, 5) is 10.3. The van der Waals surface area contributed by atoms with Gasteiger partial charge in [0, 0.05) is 18.7 Å². The van der Waals surface area contributed by atoms with Crippen LogP contribution in [0, 0.1) is 5.92 Å². The van der Waals surface area contributed by atoms with Gasteiger partial charge in [0.1, 0.15) is 6.04 Å². The zero-order valence-corrected chi connectivity index (χ0v) is 6.73. The Morgan fingerprint density at radius 2 is 2.67 bits per heavy atom. The van der Waals surface area contributed by atoms with Crippen molar-refractivity contribution in [3.63, 3.8) is 0 Å². The number of aliphatic carboxylic acids is 1. The molecule has 4 N–H and O–H groups in total. The molecule has 5 nitrogen and oxygen atoms in total. The van der Waals surface area contributed by atoms with E-state index >= 15 is 0 Å². The Morgan fingerprint density at radius 1 is 1.92 bits per heavy atom. The minimum atomic E-state index is -0.933. The number of nitrogens with one attached hydrogen (secondary N) is 1. The average Bonchev–Trinajstić information content (AvgIpc) is 2.51. The van der Waals surface area contributed by atoms with Gasteiger partial charge >= 0.3 is 5.97 Å². The van der Waals surface area contributed by atoms with Gasteiger partial charge in [0.05, 0.1) is 0 Å². The minimum absolute atomic E-state index is 0.343. The molecule has 1 heterocycles. The Morgan fingerprint density at radius 3 is 3.17 bits per heavy atom. The highest BCUT2D eigenvalue weighted by molar-refractivity contribution is 5.73. The standard InChI is InChI=1S/C7H13N3O2/c8-6(7(11)12)2-1-5-3-9-10-4-5/h3,5-6,10H,1-2,4,8H2,(H,11,12). The first-order valence-electron chi connectivity index (χ1n) is 3.94. The van der Waals surface area contributed by atoms with Crippen LogP contribution in [0.15, 0.2) is 5.10 Å². The molecule has 0 saturated carbocycles. The Balaban J connectivity index is 2.16. The fourth-order valence-corrected chi connectivity index (χ4v) is 1.07. The summed E-state index contributed by atoms with van der Waals surface area (Å²) < 4.78 is 0. The lowest BCUT2D eigenvalue weighted by atomic mass is 10.0. The highest BCUT2D eigenvalue weighted by Crippen LogP contribution is 2.07. The summed E-state index contributed by atoms with van der Waals surface area (Å²) >= 11 is 0. The van der Waals surface area contributed by atoms with E-state index in [4.69, 9.17) is 10.8 Å². The molecule has 0 aliphatic carbocycles. The monoisotopic (exact) mass is 171 g/mol. The van der Waals surface area contributed by atoms with E-state index in [0.717, 1.165) is 13.0 Å². The minimum Gasteiger partial charge on any atom is -0.480 e. The van der Waals surface area contributed by atoms with E-state index in [0.29, 0.717) is 12.3 Å². The van der Waals surface area contributed by atoms with Crippen molar-refractivity contribution in [2.45, 2.75) is 18.9 Å². The summed E-state index contributed by atoms with van der Waals surface area (Å²) in [6.07, 6.45) is 3.09. The lowest BCUT2D eigenvalue weighted by Crippen LogP contribution is -2.30. The van der Waals surface area contributed by atoms with Crippen molar-refractivity contribution in [3.05, 3.63) is 0 Å². The number of nitrogens with zero attached hydrogens (tertiary/aromatic N) is 1. The van der Waals surface area contributed by atoms with Crippen LogP contribution in [0.5, 0.6) is 0 Å². The Labute approximate surface area is 70.6 Å². The van der Waals surface area contributed by atoms with Gasteiger partial charge in [-0.15, -0.1) is 0 Å². The SMILES string of the molecule is NC(CCC1C=NNC1)C(=O)O. The van der Waals surface area contributed by atoms with Crippen LogP contribution in [-0.2, 0) is 4.79 Å². The van der Waals surface area contributed by atoms with Crippen molar-refractivity contribution in [2.24, 2.45) is 16.8 Å². The fourth-order valence-electron chi connectivity index (χ4n) is 1.07. The normalized spacial score (nSPS) is 23.6. The largest absolute Gasteiger partial charge is 0.480 e. The van der Waals surface area contributed by atoms with Crippen molar-refractivity contribution in [1.82, 2.24) is 5.43 Å². The third-order valence-electron chi connectivity index (χ3n) is 1.90. The summed E-state index contributed by atoms with van der Waals surface area (Å²) in [5, 5.41) is 12.3. The maximum Gasteiger partial charge on any atom is 0.320 e. The van der Waals surface area contributed by atoms with Gasteiger partial charge in [0.2, 0.25) is 0 Å². The first-order valence-corrected chi connectivity index (χ1v) is 3.94. The second-order valence-electron chi connectivity index (χ2n) is 2.92. The molecule has 12 heavy (non-hydrogen) atoms. The molecule has 1 aliphatic heterocycles. The molecule has 0 saturated heterocycles. The van der Waals surface area contributed by atoms with E-state index in [1.54, 1.807) is 6.21 Å². The van der Waals surface area contributed by atoms with Gasteiger partial charge in [-0.25, -0.2) is 0 Å². The zero-order valence-electron chi connectivity index (χ0n) is 6.73. The van der Waals surface area contributed by atoms with Crippen LogP contribution < -0.4 is 11.2 Å². The van der Waals surface area contributed by atoms with E-state index in [1.165, 1.54) is 0 Å². The number of hydrogen-bond donors (Lipinski definition) is 3. The lowest BCUT2D eigenvalue weighted by Gasteiger charge is -2.08. The molecule has 0 aromatic rings. The van der Waals surface area contributed by atoms with Gasteiger partial charge in [0.25, 0.3) is 0 Å². The number of rotatable bonds is 4. The maximum atomic E-state index is 10.3. The molecular weight excluding hydrogens is 158 g/mol. The second-order valence-corrected chi connectivity index (χ2v) is 2.92. The first-order chi connectivity index (χ1) is 5.70. The van der Waals surface area contributed by atoms with Crippen molar-refractivity contribution in [2.75, 3.05) is 6.54 Å². The van der Waals surface area contributed by atoms with Gasteiger partial charge in [-0.3, -0.25) is 4.79 Å². The molecule has 0 aromatic heterocycles. The highest BCUT2D eigenvalue weighted by atomic mass is 16.4. The predicted molar refractivity (Wildman–Crippen MR) is 44.8 cm³/mol. The van der Waals surface area contributed by atoms with Crippen LogP contribution in [0.4, 0.5) is 0 Å². The number of carboxylic acids is 1. The van der Waals surface area contributed by atoms with Crippen molar-refractivity contribution in [1.29, 1.82) is 0 Å². The van der Waals surface area contributed by atoms with Crippen LogP contribution in [0.3, 0.4) is 0 Å². The number of carbonyl (C=O) groups is 1. The van der Waals surface area contributed by atoms with E-state index in [-0.39, 0.29) is 0 Å². The van der Waals surface area contributed by atoms with E-state index < -0.39 is 12.0 Å². The Bertz CT molecular complexity index is 191. The van der Waals surface area contributed by atoms with Crippen LogP contribution in [0.25, 0.3) is 0 Å². The number of hydrogen-bond acceptors (Lipinski definition) is 4. The molecule has 0 radical (unpaired) electrons. The van der Waals surface area contributed by atoms with Crippen LogP contribution >= 0.6 is 0 Å². The van der Waals surface area contributed by atoms with E-state index in [1.807, 2.05) is 0 Å². The van der Waals surface area contributed by atoms with Crippen molar-refractivity contribution >= 4 is 12.2 Å². The third-order valence-corrected chi connectivity index (χ3v) is 1.90. The zero-order chi connectivity index (χ0) is 8.97. The van der Waals surface area contributed by atoms with E-state index in [2.05, 4.69) is 10.5 Å². The van der Waals surface area contributed by atoms with Gasteiger partial charge in [-0.05, 0) is 12.8 Å². The molecule has 2 unspecified atom stereocenters. The van der Waals surface area contributed by atoms with Crippen molar-refractivity contribution in [3.8, 4) is 0 Å². The molecule has 0 aromatic carbocycles. The van der Waals surface area contributed by atoms with Crippen LogP contribution in [0.2, 0.25) is 0 Å². The lowest BCUT2D eigenvalue weighted by molar-refractivity contribution is -0.138. The van der Waals surface area contributed by atoms with Gasteiger partial charge < -0.3 is 16.3 Å². The summed E-state index contributed by atoms with van der Waals surface area (Å²) in [5.74, 6) is -0.590. The Kier molecular flexibility index (Phi) is 3.04. The molecule has 5 heteroatoms. The number of hydrazone groups is 1. The van der Waals surface area contributed by atoms with Gasteiger partial charge in [-0.2, -0.15) is 5.10 Å². The number of carboxylic acid groups (broad SMARTS) is 1. The quantitative estimate of drug-likeness (QED) is 0.526. The van der Waals surface area contributed by atoms with Crippen LogP contribution in [0.1, 0.15) is 12.8 Å². The second kappa shape index (κ2) is 4.06. The summed E-state index contributed by atoms with van der Waals surface area (Å²) in [6.45, 7) is 0.798.